The molecule has 8 heterocycles. The van der Waals surface area contributed by atoms with Crippen molar-refractivity contribution >= 4 is 0 Å². The molecule has 0 bridgehead atoms. The molecule has 4 aromatic rings. The van der Waals surface area contributed by atoms with Crippen molar-refractivity contribution in [1.82, 2.24) is 29.7 Å². The van der Waals surface area contributed by atoms with E-state index in [0.29, 0.717) is 50.0 Å². The maximum absolute atomic E-state index is 5.66. The molecule has 0 radical (unpaired) electrons. The predicted octanol–water partition coefficient (Wildman–Crippen LogP) is 7.61. The van der Waals surface area contributed by atoms with E-state index in [4.69, 9.17) is 28.9 Å². The quantitative estimate of drug-likeness (QED) is 0.199. The predicted molar refractivity (Wildman–Crippen MR) is 202 cm³/mol. The minimum atomic E-state index is 0.262. The van der Waals surface area contributed by atoms with Gasteiger partial charge >= 0.3 is 0 Å². The minimum absolute atomic E-state index is 0.262. The lowest BCUT2D eigenvalue weighted by Gasteiger charge is -2.37. The van der Waals surface area contributed by atoms with Gasteiger partial charge in [0.1, 0.15) is 26.4 Å². The molecule has 10 nitrogen and oxygen atoms in total. The van der Waals surface area contributed by atoms with Crippen molar-refractivity contribution in [2.45, 2.75) is 91.1 Å². The van der Waals surface area contributed by atoms with Gasteiger partial charge in [-0.25, -0.2) is 9.97 Å². The highest BCUT2D eigenvalue weighted by molar-refractivity contribution is 5.37. The minimum Gasteiger partial charge on any atom is -0.484 e. The number of aromatic nitrogens is 4. The zero-order chi connectivity index (χ0) is 36.2. The fourth-order valence-corrected chi connectivity index (χ4v) is 8.20. The van der Waals surface area contributed by atoms with Crippen LogP contribution < -0.4 is 18.9 Å². The Hall–Kier alpha value is -4.28. The highest BCUT2D eigenvalue weighted by atomic mass is 16.6. The Morgan fingerprint density at radius 3 is 1.33 bits per heavy atom. The normalized spacial score (nSPS) is 21.4. The smallest absolute Gasteiger partial charge is 0.257 e. The van der Waals surface area contributed by atoms with E-state index >= 15 is 0 Å². The first-order chi connectivity index (χ1) is 25.2. The number of likely N-dealkylation sites (tertiary alicyclic amines) is 2. The maximum atomic E-state index is 5.66. The van der Waals surface area contributed by atoms with E-state index < -0.39 is 0 Å². The summed E-state index contributed by atoms with van der Waals surface area (Å²) in [7, 11) is 0. The van der Waals surface area contributed by atoms with Crippen molar-refractivity contribution in [3.05, 3.63) is 93.8 Å². The molecule has 2 saturated heterocycles. The third-order valence-electron chi connectivity index (χ3n) is 10.9. The summed E-state index contributed by atoms with van der Waals surface area (Å²) in [6.45, 7) is 19.5. The van der Waals surface area contributed by atoms with Gasteiger partial charge < -0.3 is 18.9 Å². The molecule has 0 saturated carbocycles. The number of pyridine rings is 4. The molecule has 2 fully saturated rings. The summed E-state index contributed by atoms with van der Waals surface area (Å²) in [5.41, 5.74) is 9.38. The van der Waals surface area contributed by atoms with Crippen LogP contribution in [0, 0.1) is 27.7 Å². The van der Waals surface area contributed by atoms with E-state index in [1.165, 1.54) is 36.8 Å². The number of hydrogen-bond donors (Lipinski definition) is 0. The maximum Gasteiger partial charge on any atom is 0.257 e. The van der Waals surface area contributed by atoms with Gasteiger partial charge in [-0.15, -0.1) is 0 Å². The molecule has 8 rings (SSSR count). The van der Waals surface area contributed by atoms with Gasteiger partial charge in [0.15, 0.2) is 11.5 Å². The lowest BCUT2D eigenvalue weighted by Crippen LogP contribution is -2.36. The lowest BCUT2D eigenvalue weighted by atomic mass is 9.89. The van der Waals surface area contributed by atoms with E-state index in [-0.39, 0.29) is 12.1 Å². The topological polar surface area (TPSA) is 95.0 Å². The molecule has 52 heavy (non-hydrogen) atoms. The largest absolute Gasteiger partial charge is 0.484 e. The van der Waals surface area contributed by atoms with Gasteiger partial charge in [-0.3, -0.25) is 19.8 Å². The summed E-state index contributed by atoms with van der Waals surface area (Å²) in [5, 5.41) is 0. The lowest BCUT2D eigenvalue weighted by molar-refractivity contribution is 0.147. The first-order valence-electron chi connectivity index (χ1n) is 19.1. The van der Waals surface area contributed by atoms with Crippen LogP contribution in [0.5, 0.6) is 23.3 Å². The monoisotopic (exact) mass is 706 g/mol. The molecule has 0 N–H and O–H groups in total. The molecule has 4 aliphatic rings. The third-order valence-corrected chi connectivity index (χ3v) is 10.9. The Morgan fingerprint density at radius 1 is 0.538 bits per heavy atom. The SMILES string of the molecule is Cc1cc([C@@H]2CCCN([C@@H](C)c3ccc4c(n3)OCCO4)C2)cc(C)n1.Cc1cc([C@@H]2CCCN([C@H](C)c3ccc4c(n3)OCCO4)C2)cc(C)n1. The van der Waals surface area contributed by atoms with Crippen molar-refractivity contribution in [2.75, 3.05) is 52.6 Å². The molecule has 0 amide bonds. The number of fused-ring (bicyclic) bond motifs is 2. The number of hydrogen-bond acceptors (Lipinski definition) is 10. The molecular formula is C42H54N6O4. The van der Waals surface area contributed by atoms with Crippen LogP contribution in [0.25, 0.3) is 0 Å². The van der Waals surface area contributed by atoms with Crippen LogP contribution in [0.1, 0.15) is 109 Å². The van der Waals surface area contributed by atoms with Crippen LogP contribution in [0.15, 0.2) is 48.5 Å². The average molecular weight is 707 g/mol. The standard InChI is InChI=1S/2C21H27N3O2/c2*1-14-11-18(12-15(2)22-14)17-5-4-8-24(13-17)16(3)19-6-7-20-21(23-19)26-10-9-25-20/h2*6-7,11-12,16-17H,4-5,8-10,13H2,1-3H3/t16-,17+;16-,17-/m01/s1. The van der Waals surface area contributed by atoms with Gasteiger partial charge in [-0.1, -0.05) is 0 Å². The zero-order valence-corrected chi connectivity index (χ0v) is 31.7. The van der Waals surface area contributed by atoms with E-state index in [2.05, 4.69) is 97.7 Å². The van der Waals surface area contributed by atoms with Crippen LogP contribution in [0.4, 0.5) is 0 Å². The van der Waals surface area contributed by atoms with Crippen LogP contribution in [-0.4, -0.2) is 82.3 Å². The van der Waals surface area contributed by atoms with Crippen molar-refractivity contribution in [1.29, 1.82) is 0 Å². The first kappa shape index (κ1) is 36.1. The van der Waals surface area contributed by atoms with Crippen LogP contribution in [-0.2, 0) is 0 Å². The van der Waals surface area contributed by atoms with Crippen LogP contribution in [0.2, 0.25) is 0 Å². The first-order valence-corrected chi connectivity index (χ1v) is 19.1. The van der Waals surface area contributed by atoms with Crippen molar-refractivity contribution in [3.8, 4) is 23.3 Å². The zero-order valence-electron chi connectivity index (χ0n) is 31.7. The highest BCUT2D eigenvalue weighted by Gasteiger charge is 2.29. The van der Waals surface area contributed by atoms with Gasteiger partial charge in [0, 0.05) is 47.9 Å². The Morgan fingerprint density at radius 2 is 0.923 bits per heavy atom. The summed E-state index contributed by atoms with van der Waals surface area (Å²) in [5.74, 6) is 3.90. The molecule has 0 spiro atoms. The molecule has 276 valence electrons. The van der Waals surface area contributed by atoms with Crippen LogP contribution in [0.3, 0.4) is 0 Å². The molecule has 0 unspecified atom stereocenters. The Balaban J connectivity index is 0.000000162. The molecule has 4 atom stereocenters. The van der Waals surface area contributed by atoms with E-state index in [0.717, 1.165) is 71.8 Å². The molecule has 4 aliphatic heterocycles. The molecule has 10 heteroatoms. The fourth-order valence-electron chi connectivity index (χ4n) is 8.20. The second kappa shape index (κ2) is 16.2. The Labute approximate surface area is 308 Å². The van der Waals surface area contributed by atoms with E-state index in [1.54, 1.807) is 0 Å². The summed E-state index contributed by atoms with van der Waals surface area (Å²) < 4.78 is 22.5. The van der Waals surface area contributed by atoms with Gasteiger partial charge in [0.05, 0.1) is 11.4 Å². The second-order valence-corrected chi connectivity index (χ2v) is 14.9. The van der Waals surface area contributed by atoms with Gasteiger partial charge in [-0.05, 0) is 152 Å². The Kier molecular flexibility index (Phi) is 11.2. The fraction of sp³-hybridized carbons (Fsp3) is 0.524. The van der Waals surface area contributed by atoms with Gasteiger partial charge in [-0.2, -0.15) is 0 Å². The Bertz CT molecular complexity index is 1680. The average Bonchev–Trinajstić information content (AvgIpc) is 3.16. The second-order valence-electron chi connectivity index (χ2n) is 14.9. The molecule has 0 aromatic carbocycles. The molecule has 0 aliphatic carbocycles. The van der Waals surface area contributed by atoms with Crippen LogP contribution >= 0.6 is 0 Å². The number of aryl methyl sites for hydroxylation is 4. The van der Waals surface area contributed by atoms with Crippen molar-refractivity contribution in [3.63, 3.8) is 0 Å². The van der Waals surface area contributed by atoms with E-state index in [9.17, 15) is 0 Å². The van der Waals surface area contributed by atoms with Crippen molar-refractivity contribution < 1.29 is 18.9 Å². The van der Waals surface area contributed by atoms with Crippen molar-refractivity contribution in [2.24, 2.45) is 0 Å². The molecular weight excluding hydrogens is 653 g/mol. The van der Waals surface area contributed by atoms with Gasteiger partial charge in [0.25, 0.3) is 11.8 Å². The summed E-state index contributed by atoms with van der Waals surface area (Å²) in [4.78, 5) is 23.6. The summed E-state index contributed by atoms with van der Waals surface area (Å²) >= 11 is 0. The number of rotatable bonds is 6. The number of piperidine rings is 2. The summed E-state index contributed by atoms with van der Waals surface area (Å²) in [6.07, 6.45) is 4.89. The molecule has 4 aromatic heterocycles. The summed E-state index contributed by atoms with van der Waals surface area (Å²) in [6, 6.07) is 17.6. The van der Waals surface area contributed by atoms with Gasteiger partial charge in [0.2, 0.25) is 0 Å². The third kappa shape index (κ3) is 8.50. The highest BCUT2D eigenvalue weighted by Crippen LogP contribution is 2.36. The number of ether oxygens (including phenoxy) is 4. The van der Waals surface area contributed by atoms with E-state index in [1.807, 2.05) is 12.1 Å². The number of nitrogens with zero attached hydrogens (tertiary/aromatic N) is 6.